The van der Waals surface area contributed by atoms with E-state index in [0.717, 1.165) is 0 Å². The number of allylic oxidation sites excluding steroid dienone is 1. The van der Waals surface area contributed by atoms with E-state index in [9.17, 15) is 5.11 Å². The van der Waals surface area contributed by atoms with Crippen LogP contribution >= 0.6 is 0 Å². The van der Waals surface area contributed by atoms with Gasteiger partial charge in [0.25, 0.3) is 0 Å². The highest BCUT2D eigenvalue weighted by molar-refractivity contribution is 5.19. The van der Waals surface area contributed by atoms with Crippen molar-refractivity contribution in [1.29, 1.82) is 0 Å². The smallest absolute Gasteiger partial charge is 0.0577 e. The largest absolute Gasteiger partial charge is 0.393 e. The number of hydrogen-bond acceptors (Lipinski definition) is 2. The molecule has 1 N–H and O–H groups in total. The number of benzene rings is 1. The molecule has 0 saturated carbocycles. The van der Waals surface area contributed by atoms with Crippen molar-refractivity contribution in [2.75, 3.05) is 6.54 Å². The number of likely N-dealkylation sites (tertiary alicyclic amines) is 1. The molecule has 1 aromatic rings. The van der Waals surface area contributed by atoms with Crippen LogP contribution in [0.5, 0.6) is 0 Å². The number of rotatable bonds is 3. The molecule has 1 aromatic carbocycles. The lowest BCUT2D eigenvalue weighted by Crippen LogP contribution is -2.36. The Morgan fingerprint density at radius 1 is 1.24 bits per heavy atom. The van der Waals surface area contributed by atoms with Gasteiger partial charge in [-0.05, 0) is 46.1 Å². The third-order valence-corrected chi connectivity index (χ3v) is 4.41. The monoisotopic (exact) mass is 289 g/mol. The zero-order valence-electron chi connectivity index (χ0n) is 14.3. The Bertz CT molecular complexity index is 436. The van der Waals surface area contributed by atoms with Gasteiger partial charge >= 0.3 is 0 Å². The predicted octanol–water partition coefficient (Wildman–Crippen LogP) is 4.57. The van der Waals surface area contributed by atoms with Crippen molar-refractivity contribution >= 4 is 0 Å². The Balaban J connectivity index is 0.000000211. The van der Waals surface area contributed by atoms with E-state index in [1.165, 1.54) is 30.6 Å². The van der Waals surface area contributed by atoms with Crippen molar-refractivity contribution in [3.8, 4) is 0 Å². The lowest BCUT2D eigenvalue weighted by molar-refractivity contribution is 0.169. The highest BCUT2D eigenvalue weighted by atomic mass is 16.3. The maximum Gasteiger partial charge on any atom is 0.0577 e. The van der Waals surface area contributed by atoms with Gasteiger partial charge in [-0.15, -0.1) is 0 Å². The van der Waals surface area contributed by atoms with Crippen molar-refractivity contribution in [2.24, 2.45) is 0 Å². The normalized spacial score (nSPS) is 19.4. The zero-order valence-corrected chi connectivity index (χ0v) is 14.3. The summed E-state index contributed by atoms with van der Waals surface area (Å²) in [4.78, 5) is 2.40. The van der Waals surface area contributed by atoms with Crippen LogP contribution in [0.1, 0.15) is 58.9 Å². The second-order valence-electron chi connectivity index (χ2n) is 6.74. The van der Waals surface area contributed by atoms with Gasteiger partial charge in [0.05, 0.1) is 6.10 Å². The van der Waals surface area contributed by atoms with Crippen LogP contribution in [0.15, 0.2) is 42.6 Å². The Morgan fingerprint density at radius 3 is 2.14 bits per heavy atom. The van der Waals surface area contributed by atoms with E-state index < -0.39 is 0 Å². The highest BCUT2D eigenvalue weighted by Gasteiger charge is 2.30. The molecule has 1 fully saturated rings. The van der Waals surface area contributed by atoms with Gasteiger partial charge in [-0.2, -0.15) is 0 Å². The summed E-state index contributed by atoms with van der Waals surface area (Å²) in [7, 11) is 0. The summed E-state index contributed by atoms with van der Waals surface area (Å²) in [5.74, 6) is 0.233. The van der Waals surface area contributed by atoms with Crippen molar-refractivity contribution in [1.82, 2.24) is 4.90 Å². The van der Waals surface area contributed by atoms with Crippen LogP contribution in [-0.4, -0.2) is 28.2 Å². The molecule has 2 heteroatoms. The molecule has 1 saturated heterocycles. The molecular formula is C19H31NO. The Kier molecular flexibility index (Phi) is 6.47. The molecular weight excluding hydrogens is 258 g/mol. The van der Waals surface area contributed by atoms with Gasteiger partial charge in [-0.3, -0.25) is 0 Å². The predicted molar refractivity (Wildman–Crippen MR) is 91.4 cm³/mol. The van der Waals surface area contributed by atoms with Crippen LogP contribution in [0.4, 0.5) is 0 Å². The molecule has 0 amide bonds. The zero-order chi connectivity index (χ0) is 16.0. The number of nitrogens with zero attached hydrogens (tertiary/aromatic N) is 1. The molecule has 118 valence electrons. The first kappa shape index (κ1) is 17.8. The fourth-order valence-electron chi connectivity index (χ4n) is 2.85. The van der Waals surface area contributed by atoms with Crippen LogP contribution < -0.4 is 0 Å². The first-order chi connectivity index (χ1) is 9.75. The highest BCUT2D eigenvalue weighted by Crippen LogP contribution is 2.30. The quantitative estimate of drug-likeness (QED) is 0.881. The van der Waals surface area contributed by atoms with Crippen LogP contribution in [0.3, 0.4) is 0 Å². The molecule has 21 heavy (non-hydrogen) atoms. The average Bonchev–Trinajstić information content (AvgIpc) is 2.79. The second-order valence-corrected chi connectivity index (χ2v) is 6.74. The fraction of sp³-hybridized carbons (Fsp3) is 0.579. The Morgan fingerprint density at radius 2 is 1.81 bits per heavy atom. The van der Waals surface area contributed by atoms with E-state index in [-0.39, 0.29) is 12.0 Å². The van der Waals surface area contributed by atoms with E-state index in [4.69, 9.17) is 0 Å². The lowest BCUT2D eigenvalue weighted by atomic mass is 9.97. The summed E-state index contributed by atoms with van der Waals surface area (Å²) < 4.78 is 0. The first-order valence-electron chi connectivity index (χ1n) is 7.92. The summed E-state index contributed by atoms with van der Waals surface area (Å²) in [6.07, 6.45) is 2.36. The van der Waals surface area contributed by atoms with Crippen molar-refractivity contribution < 1.29 is 5.11 Å². The molecule has 2 nitrogen and oxygen atoms in total. The van der Waals surface area contributed by atoms with Gasteiger partial charge in [0.15, 0.2) is 0 Å². The van der Waals surface area contributed by atoms with E-state index in [1.54, 1.807) is 0 Å². The number of hydrogen-bond donors (Lipinski definition) is 1. The Labute approximate surface area is 130 Å². The second kappa shape index (κ2) is 7.65. The SMILES string of the molecule is C=C(C)N1CCCC1(C)C.CC(O)C(C)c1ccccc1. The molecule has 0 aliphatic carbocycles. The van der Waals surface area contributed by atoms with Gasteiger partial charge in [0.2, 0.25) is 0 Å². The molecule has 0 bridgehead atoms. The fourth-order valence-corrected chi connectivity index (χ4v) is 2.85. The van der Waals surface area contributed by atoms with E-state index in [2.05, 4.69) is 32.3 Å². The summed E-state index contributed by atoms with van der Waals surface area (Å²) in [6, 6.07) is 10.1. The number of aliphatic hydroxyl groups is 1. The number of aliphatic hydroxyl groups excluding tert-OH is 1. The maximum atomic E-state index is 9.27. The molecule has 0 radical (unpaired) electrons. The first-order valence-corrected chi connectivity index (χ1v) is 7.92. The summed E-state index contributed by atoms with van der Waals surface area (Å²) >= 11 is 0. The van der Waals surface area contributed by atoms with Gasteiger partial charge in [0.1, 0.15) is 0 Å². The molecule has 2 atom stereocenters. The standard InChI is InChI=1S/C10H14O.C9H17N/c1-8(9(2)11)10-6-4-3-5-7-10;1-8(2)10-7-5-6-9(10,3)4/h3-9,11H,1-2H3;1,5-7H2,2-4H3. The summed E-state index contributed by atoms with van der Waals surface area (Å²) in [6.45, 7) is 15.7. The molecule has 2 rings (SSSR count). The van der Waals surface area contributed by atoms with E-state index in [1.807, 2.05) is 44.2 Å². The molecule has 0 spiro atoms. The minimum atomic E-state index is -0.266. The summed E-state index contributed by atoms with van der Waals surface area (Å²) in [5.41, 5.74) is 2.77. The van der Waals surface area contributed by atoms with Crippen molar-refractivity contribution in [2.45, 2.75) is 65.0 Å². The lowest BCUT2D eigenvalue weighted by Gasteiger charge is -2.33. The minimum absolute atomic E-state index is 0.233. The summed E-state index contributed by atoms with van der Waals surface area (Å²) in [5, 5.41) is 9.27. The van der Waals surface area contributed by atoms with Crippen molar-refractivity contribution in [3.63, 3.8) is 0 Å². The van der Waals surface area contributed by atoms with Gasteiger partial charge in [-0.25, -0.2) is 0 Å². The molecule has 1 heterocycles. The third-order valence-electron chi connectivity index (χ3n) is 4.41. The molecule has 1 aliphatic rings. The topological polar surface area (TPSA) is 23.5 Å². The van der Waals surface area contributed by atoms with E-state index >= 15 is 0 Å². The third kappa shape index (κ3) is 5.20. The van der Waals surface area contributed by atoms with Crippen LogP contribution in [0.25, 0.3) is 0 Å². The van der Waals surface area contributed by atoms with Crippen LogP contribution in [0.2, 0.25) is 0 Å². The molecule has 2 unspecified atom stereocenters. The minimum Gasteiger partial charge on any atom is -0.393 e. The van der Waals surface area contributed by atoms with E-state index in [0.29, 0.717) is 5.54 Å². The maximum absolute atomic E-state index is 9.27. The molecule has 0 aromatic heterocycles. The Hall–Kier alpha value is -1.28. The van der Waals surface area contributed by atoms with Gasteiger partial charge in [0, 0.05) is 23.7 Å². The van der Waals surface area contributed by atoms with Crippen molar-refractivity contribution in [3.05, 3.63) is 48.2 Å². The molecule has 1 aliphatic heterocycles. The van der Waals surface area contributed by atoms with Gasteiger partial charge in [-0.1, -0.05) is 43.8 Å². The van der Waals surface area contributed by atoms with Gasteiger partial charge < -0.3 is 10.0 Å². The average molecular weight is 289 g/mol. The van der Waals surface area contributed by atoms with Crippen LogP contribution in [0, 0.1) is 0 Å². The van der Waals surface area contributed by atoms with Crippen LogP contribution in [-0.2, 0) is 0 Å².